The Hall–Kier alpha value is -2.88. The average molecular weight is 293 g/mol. The second kappa shape index (κ2) is 5.85. The van der Waals surface area contributed by atoms with E-state index in [4.69, 9.17) is 4.74 Å². The van der Waals surface area contributed by atoms with E-state index >= 15 is 0 Å². The molecule has 4 nitrogen and oxygen atoms in total. The quantitative estimate of drug-likeness (QED) is 0.421. The number of imidazole rings is 1. The van der Waals surface area contributed by atoms with Crippen molar-refractivity contribution in [2.75, 3.05) is 7.11 Å². The minimum atomic E-state index is -0.326. The molecule has 0 amide bonds. The summed E-state index contributed by atoms with van der Waals surface area (Å²) in [6.07, 6.45) is 5.96. The van der Waals surface area contributed by atoms with Crippen LogP contribution in [-0.4, -0.2) is 17.6 Å². The lowest BCUT2D eigenvalue weighted by molar-refractivity contribution is -0.510. The van der Waals surface area contributed by atoms with E-state index in [2.05, 4.69) is 27.8 Å². The van der Waals surface area contributed by atoms with Crippen molar-refractivity contribution >= 4 is 11.6 Å². The lowest BCUT2D eigenvalue weighted by Gasteiger charge is -2.02. The lowest BCUT2D eigenvalue weighted by Crippen LogP contribution is -2.17. The van der Waals surface area contributed by atoms with Gasteiger partial charge in [-0.3, -0.25) is 0 Å². The van der Waals surface area contributed by atoms with Crippen molar-refractivity contribution in [1.82, 2.24) is 4.57 Å². The van der Waals surface area contributed by atoms with Gasteiger partial charge in [0.05, 0.1) is 18.9 Å². The summed E-state index contributed by atoms with van der Waals surface area (Å²) in [4.78, 5) is 11.5. The third-order valence-corrected chi connectivity index (χ3v) is 3.61. The van der Waals surface area contributed by atoms with Crippen LogP contribution in [0.25, 0.3) is 16.9 Å². The summed E-state index contributed by atoms with van der Waals surface area (Å²) in [5, 5.41) is 0. The van der Waals surface area contributed by atoms with E-state index in [0.717, 1.165) is 16.9 Å². The summed E-state index contributed by atoms with van der Waals surface area (Å²) in [6.45, 7) is 4.55. The van der Waals surface area contributed by atoms with Gasteiger partial charge in [0.15, 0.2) is 5.69 Å². The van der Waals surface area contributed by atoms with Gasteiger partial charge < -0.3 is 4.74 Å². The first-order chi connectivity index (χ1) is 10.7. The molecule has 2 heterocycles. The fraction of sp³-hybridized carbons (Fsp3) is 0.111. The highest BCUT2D eigenvalue weighted by Crippen LogP contribution is 2.21. The van der Waals surface area contributed by atoms with Crippen molar-refractivity contribution in [1.29, 1.82) is 0 Å². The van der Waals surface area contributed by atoms with Crippen LogP contribution in [0.3, 0.4) is 0 Å². The molecule has 0 fully saturated rings. The van der Waals surface area contributed by atoms with Crippen LogP contribution in [0.2, 0.25) is 0 Å². The number of aromatic nitrogens is 2. The van der Waals surface area contributed by atoms with Gasteiger partial charge in [-0.2, -0.15) is 0 Å². The van der Waals surface area contributed by atoms with Crippen LogP contribution in [0.15, 0.2) is 67.5 Å². The van der Waals surface area contributed by atoms with Crippen molar-refractivity contribution in [3.8, 4) is 11.3 Å². The van der Waals surface area contributed by atoms with Gasteiger partial charge in [0, 0.05) is 11.6 Å². The number of rotatable bonds is 4. The Kier molecular flexibility index (Phi) is 3.74. The van der Waals surface area contributed by atoms with Crippen molar-refractivity contribution in [2.24, 2.45) is 0 Å². The van der Waals surface area contributed by atoms with E-state index < -0.39 is 0 Å². The maximum atomic E-state index is 11.5. The molecule has 0 aliphatic carbocycles. The lowest BCUT2D eigenvalue weighted by atomic mass is 10.1. The molecule has 3 aromatic rings. The normalized spacial score (nSPS) is 10.6. The van der Waals surface area contributed by atoms with Crippen LogP contribution >= 0.6 is 0 Å². The summed E-state index contributed by atoms with van der Waals surface area (Å²) in [5.74, 6) is -0.326. The van der Waals surface area contributed by atoms with E-state index in [1.807, 2.05) is 36.5 Å². The Morgan fingerprint density at radius 2 is 2.05 bits per heavy atom. The number of pyridine rings is 1. The van der Waals surface area contributed by atoms with Crippen LogP contribution in [-0.2, 0) is 11.3 Å². The van der Waals surface area contributed by atoms with Gasteiger partial charge in [-0.25, -0.2) is 13.8 Å². The molecular weight excluding hydrogens is 276 g/mol. The number of benzene rings is 1. The standard InChI is InChI=1S/C18H17N2O2/c1-3-11-20-16(13-19-12-5-4-6-17(19)20)14-7-9-15(10-8-14)18(21)22-2/h3-10,12-13H,1,11H2,2H3/q+1. The summed E-state index contributed by atoms with van der Waals surface area (Å²) >= 11 is 0. The van der Waals surface area contributed by atoms with Crippen LogP contribution < -0.4 is 4.40 Å². The molecule has 0 spiro atoms. The zero-order valence-corrected chi connectivity index (χ0v) is 12.4. The summed E-state index contributed by atoms with van der Waals surface area (Å²) < 4.78 is 8.99. The number of hydrogen-bond donors (Lipinski definition) is 0. The number of carbonyl (C=O) groups excluding carboxylic acids is 1. The van der Waals surface area contributed by atoms with E-state index in [1.165, 1.54) is 7.11 Å². The highest BCUT2D eigenvalue weighted by molar-refractivity contribution is 5.89. The number of methoxy groups -OCH3 is 1. The number of ether oxygens (including phenoxy) is 1. The molecule has 0 saturated carbocycles. The zero-order valence-electron chi connectivity index (χ0n) is 12.4. The van der Waals surface area contributed by atoms with Gasteiger partial charge >= 0.3 is 5.97 Å². The highest BCUT2D eigenvalue weighted by Gasteiger charge is 2.18. The fourth-order valence-electron chi connectivity index (χ4n) is 2.56. The van der Waals surface area contributed by atoms with Crippen LogP contribution in [0.4, 0.5) is 0 Å². The topological polar surface area (TPSA) is 35.3 Å². The van der Waals surface area contributed by atoms with Crippen molar-refractivity contribution in [3.63, 3.8) is 0 Å². The monoisotopic (exact) mass is 293 g/mol. The predicted octanol–water partition coefficient (Wildman–Crippen LogP) is 2.87. The number of esters is 1. The molecule has 0 atom stereocenters. The summed E-state index contributed by atoms with van der Waals surface area (Å²) in [6, 6.07) is 13.5. The smallest absolute Gasteiger partial charge is 0.337 e. The maximum absolute atomic E-state index is 11.5. The van der Waals surface area contributed by atoms with Crippen LogP contribution in [0.5, 0.6) is 0 Å². The van der Waals surface area contributed by atoms with Gasteiger partial charge in [0.25, 0.3) is 5.65 Å². The molecule has 0 aliphatic heterocycles. The molecule has 0 radical (unpaired) electrons. The highest BCUT2D eigenvalue weighted by atomic mass is 16.5. The fourth-order valence-corrected chi connectivity index (χ4v) is 2.56. The van der Waals surface area contributed by atoms with Gasteiger partial charge in [0.2, 0.25) is 0 Å². The van der Waals surface area contributed by atoms with E-state index in [-0.39, 0.29) is 5.97 Å². The second-order valence-electron chi connectivity index (χ2n) is 4.95. The molecule has 110 valence electrons. The first-order valence-electron chi connectivity index (χ1n) is 7.04. The molecule has 22 heavy (non-hydrogen) atoms. The number of fused-ring (bicyclic) bond motifs is 1. The molecule has 3 rings (SSSR count). The van der Waals surface area contributed by atoms with Gasteiger partial charge in [-0.1, -0.05) is 18.7 Å². The van der Waals surface area contributed by atoms with Crippen molar-refractivity contribution < 1.29 is 13.9 Å². The first kappa shape index (κ1) is 14.1. The Labute approximate surface area is 128 Å². The van der Waals surface area contributed by atoms with Crippen LogP contribution in [0.1, 0.15) is 10.4 Å². The number of hydrogen-bond acceptors (Lipinski definition) is 2. The Morgan fingerprint density at radius 1 is 1.27 bits per heavy atom. The zero-order chi connectivity index (χ0) is 15.5. The number of carbonyl (C=O) groups is 1. The average Bonchev–Trinajstić information content (AvgIpc) is 2.93. The maximum Gasteiger partial charge on any atom is 0.337 e. The van der Waals surface area contributed by atoms with Gasteiger partial charge in [-0.15, -0.1) is 0 Å². The predicted molar refractivity (Wildman–Crippen MR) is 84.6 cm³/mol. The third-order valence-electron chi connectivity index (χ3n) is 3.61. The van der Waals surface area contributed by atoms with Crippen molar-refractivity contribution in [3.05, 3.63) is 73.1 Å². The molecule has 0 saturated heterocycles. The molecule has 0 N–H and O–H groups in total. The van der Waals surface area contributed by atoms with Gasteiger partial charge in [-0.05, 0) is 30.3 Å². The minimum Gasteiger partial charge on any atom is -0.465 e. The van der Waals surface area contributed by atoms with Gasteiger partial charge in [0.1, 0.15) is 12.7 Å². The minimum absolute atomic E-state index is 0.326. The molecule has 0 aliphatic rings. The molecule has 2 aromatic heterocycles. The van der Waals surface area contributed by atoms with Crippen LogP contribution in [0, 0.1) is 0 Å². The second-order valence-corrected chi connectivity index (χ2v) is 4.95. The van der Waals surface area contributed by atoms with E-state index in [9.17, 15) is 4.79 Å². The summed E-state index contributed by atoms with van der Waals surface area (Å²) in [7, 11) is 1.38. The van der Waals surface area contributed by atoms with E-state index in [0.29, 0.717) is 12.1 Å². The van der Waals surface area contributed by atoms with Crippen molar-refractivity contribution in [2.45, 2.75) is 6.54 Å². The largest absolute Gasteiger partial charge is 0.465 e. The Balaban J connectivity index is 2.11. The molecule has 1 aromatic carbocycles. The third kappa shape index (κ3) is 2.39. The Morgan fingerprint density at radius 3 is 2.73 bits per heavy atom. The molecule has 0 unspecified atom stereocenters. The molecule has 0 bridgehead atoms. The molecular formula is C18H17N2O2+. The molecule has 4 heteroatoms. The number of nitrogens with zero attached hydrogens (tertiary/aromatic N) is 2. The number of allylic oxidation sites excluding steroid dienone is 1. The Bertz CT molecular complexity index is 832. The SMILES string of the molecule is C=CCn1c(-c2ccc(C(=O)OC)cc2)c[n+]2ccccc12. The first-order valence-corrected chi connectivity index (χ1v) is 7.04. The summed E-state index contributed by atoms with van der Waals surface area (Å²) in [5.41, 5.74) is 3.75. The van der Waals surface area contributed by atoms with E-state index in [1.54, 1.807) is 12.1 Å².